The first-order chi connectivity index (χ1) is 23.3. The molecule has 0 saturated carbocycles. The summed E-state index contributed by atoms with van der Waals surface area (Å²) < 4.78 is 148. The monoisotopic (exact) mass is 688 g/mol. The van der Waals surface area contributed by atoms with Gasteiger partial charge in [-0.05, 0) is 77.1 Å². The minimum absolute atomic E-state index is 0.128. The highest BCUT2D eigenvalue weighted by atomic mass is 19.3. The second kappa shape index (κ2) is 14.6. The highest BCUT2D eigenvalue weighted by Gasteiger charge is 2.29. The third kappa shape index (κ3) is 8.16. The molecule has 11 heteroatoms. The van der Waals surface area contributed by atoms with Crippen LogP contribution in [0.4, 0.5) is 43.9 Å². The van der Waals surface area contributed by atoms with Crippen molar-refractivity contribution < 1.29 is 48.6 Å². The van der Waals surface area contributed by atoms with Gasteiger partial charge in [0.05, 0.1) is 5.56 Å². The lowest BCUT2D eigenvalue weighted by Gasteiger charge is -2.15. The molecule has 0 saturated heterocycles. The highest BCUT2D eigenvalue weighted by molar-refractivity contribution is 5.75. The van der Waals surface area contributed by atoms with Gasteiger partial charge in [-0.25, -0.2) is 35.1 Å². The lowest BCUT2D eigenvalue weighted by Crippen LogP contribution is -2.21. The van der Waals surface area contributed by atoms with Crippen molar-refractivity contribution in [1.29, 1.82) is 0 Å². The van der Waals surface area contributed by atoms with Crippen molar-refractivity contribution in [3.05, 3.63) is 143 Å². The Labute approximate surface area is 275 Å². The van der Waals surface area contributed by atoms with Crippen LogP contribution in [0.2, 0.25) is 0 Å². The number of ether oxygens (including phenoxy) is 1. The van der Waals surface area contributed by atoms with Crippen molar-refractivity contribution in [2.24, 2.45) is 0 Å². The second-order valence-corrected chi connectivity index (χ2v) is 11.2. The van der Waals surface area contributed by atoms with Gasteiger partial charge in [0.2, 0.25) is 0 Å². The SMILES string of the molecule is CCCCCc1ccc(-c2ccc(-c3cc(F)c(-c4cc(F)c(C=CC(F)(F)Oc5cc(F)c(F)c(F)c5)c(F)c4)c(F)c3)c(F)c2)cc1. The molecule has 5 aromatic rings. The van der Waals surface area contributed by atoms with Gasteiger partial charge in [-0.15, -0.1) is 0 Å². The van der Waals surface area contributed by atoms with Crippen LogP contribution in [0.25, 0.3) is 39.5 Å². The van der Waals surface area contributed by atoms with Crippen molar-refractivity contribution in [2.75, 3.05) is 0 Å². The highest BCUT2D eigenvalue weighted by Crippen LogP contribution is 2.36. The van der Waals surface area contributed by atoms with Crippen LogP contribution in [-0.2, 0) is 6.42 Å². The molecular weight excluding hydrogens is 662 g/mol. The number of rotatable bonds is 11. The number of hydrogen-bond donors (Lipinski definition) is 0. The van der Waals surface area contributed by atoms with Crippen LogP contribution in [0.15, 0.2) is 84.9 Å². The van der Waals surface area contributed by atoms with E-state index in [-0.39, 0.29) is 35.4 Å². The summed E-state index contributed by atoms with van der Waals surface area (Å²) >= 11 is 0. The molecule has 0 aliphatic heterocycles. The van der Waals surface area contributed by atoms with Crippen LogP contribution in [0, 0.1) is 46.5 Å². The van der Waals surface area contributed by atoms with Crippen LogP contribution in [0.5, 0.6) is 5.75 Å². The normalized spacial score (nSPS) is 11.8. The minimum Gasteiger partial charge on any atom is -0.429 e. The summed E-state index contributed by atoms with van der Waals surface area (Å²) in [5.41, 5.74) is -0.414. The summed E-state index contributed by atoms with van der Waals surface area (Å²) in [4.78, 5) is 0. The number of hydrogen-bond acceptors (Lipinski definition) is 1. The van der Waals surface area contributed by atoms with Gasteiger partial charge in [0, 0.05) is 29.3 Å². The lowest BCUT2D eigenvalue weighted by atomic mass is 9.95. The summed E-state index contributed by atoms with van der Waals surface area (Å²) in [5, 5.41) is 0. The Morgan fingerprint density at radius 1 is 0.571 bits per heavy atom. The molecule has 1 nitrogen and oxygen atoms in total. The molecule has 0 bridgehead atoms. The molecule has 0 aliphatic carbocycles. The average Bonchev–Trinajstić information content (AvgIpc) is 3.03. The van der Waals surface area contributed by atoms with E-state index in [0.717, 1.165) is 48.9 Å². The molecule has 0 aromatic heterocycles. The Hall–Kier alpha value is -5.06. The Morgan fingerprint density at radius 2 is 1.12 bits per heavy atom. The fraction of sp³-hybridized carbons (Fsp3) is 0.158. The third-order valence-electron chi connectivity index (χ3n) is 7.70. The summed E-state index contributed by atoms with van der Waals surface area (Å²) in [5.74, 6) is -13.0. The van der Waals surface area contributed by atoms with E-state index < -0.39 is 75.1 Å². The Bertz CT molecular complexity index is 1950. The van der Waals surface area contributed by atoms with E-state index in [1.807, 2.05) is 24.3 Å². The number of aryl methyl sites for hydroxylation is 1. The summed E-state index contributed by atoms with van der Waals surface area (Å²) in [6.45, 7) is 2.12. The van der Waals surface area contributed by atoms with E-state index in [1.54, 1.807) is 6.07 Å². The second-order valence-electron chi connectivity index (χ2n) is 11.2. The molecule has 0 radical (unpaired) electrons. The number of benzene rings is 5. The molecule has 0 aliphatic rings. The van der Waals surface area contributed by atoms with E-state index in [9.17, 15) is 30.7 Å². The van der Waals surface area contributed by atoms with Gasteiger partial charge in [-0.2, -0.15) is 8.78 Å². The van der Waals surface area contributed by atoms with Crippen LogP contribution in [-0.4, -0.2) is 6.11 Å². The molecule has 0 heterocycles. The van der Waals surface area contributed by atoms with Crippen LogP contribution >= 0.6 is 0 Å². The Kier molecular flexibility index (Phi) is 10.5. The standard InChI is InChI=1S/C38H26F10O/c1-2-3-4-5-21-6-8-22(9-7-21)23-10-11-27(29(39)14-23)24-15-32(42)36(33(43)16-24)25-17-30(40)28(31(41)18-25)12-13-38(47,48)49-26-19-34(44)37(46)35(45)20-26/h6-20H,2-5H2,1H3. The molecule has 5 aromatic carbocycles. The zero-order valence-electron chi connectivity index (χ0n) is 25.7. The fourth-order valence-electron chi connectivity index (χ4n) is 5.23. The minimum atomic E-state index is -4.38. The zero-order chi connectivity index (χ0) is 35.5. The first-order valence-electron chi connectivity index (χ1n) is 15.0. The van der Waals surface area contributed by atoms with E-state index >= 15 is 13.2 Å². The molecule has 0 atom stereocenters. The summed E-state index contributed by atoms with van der Waals surface area (Å²) in [6, 6.07) is 14.7. The number of halogens is 10. The quantitative estimate of drug-likeness (QED) is 0.0763. The molecule has 254 valence electrons. The van der Waals surface area contributed by atoms with Crippen molar-refractivity contribution in [3.63, 3.8) is 0 Å². The van der Waals surface area contributed by atoms with E-state index in [4.69, 9.17) is 0 Å². The first-order valence-corrected chi connectivity index (χ1v) is 15.0. The maximum Gasteiger partial charge on any atom is 0.419 e. The van der Waals surface area contributed by atoms with Gasteiger partial charge in [0.1, 0.15) is 34.8 Å². The maximum absolute atomic E-state index is 15.3. The Balaban J connectivity index is 1.36. The molecule has 0 N–H and O–H groups in total. The van der Waals surface area contributed by atoms with Crippen molar-refractivity contribution in [1.82, 2.24) is 0 Å². The van der Waals surface area contributed by atoms with Gasteiger partial charge < -0.3 is 4.74 Å². The summed E-state index contributed by atoms with van der Waals surface area (Å²) in [7, 11) is 0. The molecule has 5 rings (SSSR count). The van der Waals surface area contributed by atoms with Crippen molar-refractivity contribution in [2.45, 2.75) is 38.7 Å². The third-order valence-corrected chi connectivity index (χ3v) is 7.70. The topological polar surface area (TPSA) is 9.23 Å². The first kappa shape index (κ1) is 35.3. The molecule has 49 heavy (non-hydrogen) atoms. The molecule has 0 spiro atoms. The average molecular weight is 689 g/mol. The van der Waals surface area contributed by atoms with Gasteiger partial charge in [0.25, 0.3) is 0 Å². The maximum atomic E-state index is 15.3. The predicted molar refractivity (Wildman–Crippen MR) is 167 cm³/mol. The van der Waals surface area contributed by atoms with Gasteiger partial charge in [0.15, 0.2) is 17.5 Å². The Morgan fingerprint density at radius 3 is 1.69 bits per heavy atom. The van der Waals surface area contributed by atoms with E-state index in [2.05, 4.69) is 11.7 Å². The van der Waals surface area contributed by atoms with Gasteiger partial charge >= 0.3 is 6.11 Å². The zero-order valence-corrected chi connectivity index (χ0v) is 25.7. The fourth-order valence-corrected chi connectivity index (χ4v) is 5.23. The molecule has 0 unspecified atom stereocenters. The van der Waals surface area contributed by atoms with E-state index in [1.165, 1.54) is 12.1 Å². The number of unbranched alkanes of at least 4 members (excludes halogenated alkanes) is 2. The van der Waals surface area contributed by atoms with Crippen LogP contribution in [0.3, 0.4) is 0 Å². The van der Waals surface area contributed by atoms with Crippen molar-refractivity contribution >= 4 is 6.08 Å². The van der Waals surface area contributed by atoms with Crippen molar-refractivity contribution in [3.8, 4) is 39.1 Å². The van der Waals surface area contributed by atoms with E-state index in [0.29, 0.717) is 17.7 Å². The van der Waals surface area contributed by atoms with Crippen LogP contribution < -0.4 is 4.74 Å². The smallest absolute Gasteiger partial charge is 0.419 e. The predicted octanol–water partition coefficient (Wildman–Crippen LogP) is 12.2. The molecule has 0 amide bonds. The summed E-state index contributed by atoms with van der Waals surface area (Å²) in [6.07, 6.45) is -0.0714. The van der Waals surface area contributed by atoms with Gasteiger partial charge in [-0.1, -0.05) is 56.2 Å². The molecular formula is C38H26F10O. The largest absolute Gasteiger partial charge is 0.429 e. The molecule has 0 fully saturated rings. The lowest BCUT2D eigenvalue weighted by molar-refractivity contribution is -0.131. The van der Waals surface area contributed by atoms with Crippen LogP contribution in [0.1, 0.15) is 37.3 Å². The van der Waals surface area contributed by atoms with Gasteiger partial charge in [-0.3, -0.25) is 0 Å². The number of alkyl halides is 2.